The Kier molecular flexibility index (Phi) is 6.80. The van der Waals surface area contributed by atoms with Crippen molar-refractivity contribution in [3.8, 4) is 11.5 Å². The van der Waals surface area contributed by atoms with Crippen LogP contribution in [0.5, 0.6) is 0 Å². The molecular weight excluding hydrogens is 426 g/mol. The number of aromatic nitrogens is 2. The molecule has 0 atom stereocenters. The van der Waals surface area contributed by atoms with Crippen LogP contribution in [0.2, 0.25) is 0 Å². The van der Waals surface area contributed by atoms with E-state index in [0.717, 1.165) is 49.4 Å². The number of benzene rings is 2. The number of piperazine rings is 1. The Bertz CT molecular complexity index is 1210. The minimum absolute atomic E-state index is 0. The van der Waals surface area contributed by atoms with Crippen molar-refractivity contribution in [2.24, 2.45) is 0 Å². The molecule has 2 N–H and O–H groups in total. The van der Waals surface area contributed by atoms with E-state index in [0.29, 0.717) is 17.1 Å². The summed E-state index contributed by atoms with van der Waals surface area (Å²) in [7, 11) is 0. The summed E-state index contributed by atoms with van der Waals surface area (Å²) in [5.41, 5.74) is 4.69. The first-order valence-electron chi connectivity index (χ1n) is 10.4. The molecule has 32 heavy (non-hydrogen) atoms. The van der Waals surface area contributed by atoms with Crippen molar-refractivity contribution in [3.05, 3.63) is 78.1 Å². The molecule has 3 heterocycles. The fourth-order valence-corrected chi connectivity index (χ4v) is 3.79. The van der Waals surface area contributed by atoms with E-state index >= 15 is 0 Å². The molecule has 2 aromatic heterocycles. The number of pyridine rings is 1. The highest BCUT2D eigenvalue weighted by atomic mass is 35.5. The van der Waals surface area contributed by atoms with Crippen molar-refractivity contribution in [3.63, 3.8) is 0 Å². The Morgan fingerprint density at radius 3 is 2.66 bits per heavy atom. The normalized spacial score (nSPS) is 14.1. The van der Waals surface area contributed by atoms with E-state index in [1.807, 2.05) is 30.3 Å². The highest BCUT2D eigenvalue weighted by Gasteiger charge is 2.16. The number of nitrogens with one attached hydrogen (secondary N) is 2. The molecule has 1 amide bonds. The SMILES string of the molecule is Cl.O=C(Nc1ccccc1-c1nc2ccc(CN3CCNCC3)cc2o1)c1ccncc1. The summed E-state index contributed by atoms with van der Waals surface area (Å²) in [5, 5.41) is 6.33. The van der Waals surface area contributed by atoms with Gasteiger partial charge in [0, 0.05) is 50.7 Å². The maximum atomic E-state index is 12.6. The molecule has 0 unspecified atom stereocenters. The molecule has 1 aliphatic heterocycles. The van der Waals surface area contributed by atoms with Gasteiger partial charge in [-0.3, -0.25) is 14.7 Å². The van der Waals surface area contributed by atoms with Crippen LogP contribution < -0.4 is 10.6 Å². The average molecular weight is 450 g/mol. The molecule has 0 radical (unpaired) electrons. The Balaban J connectivity index is 0.00000245. The average Bonchev–Trinajstić information content (AvgIpc) is 3.24. The first kappa shape index (κ1) is 22.0. The zero-order valence-corrected chi connectivity index (χ0v) is 18.3. The highest BCUT2D eigenvalue weighted by molar-refractivity contribution is 6.06. The Hall–Kier alpha value is -3.26. The van der Waals surface area contributed by atoms with Gasteiger partial charge in [0.2, 0.25) is 5.89 Å². The van der Waals surface area contributed by atoms with Crippen LogP contribution in [-0.2, 0) is 6.54 Å². The van der Waals surface area contributed by atoms with Crippen molar-refractivity contribution in [2.45, 2.75) is 6.54 Å². The number of anilines is 1. The van der Waals surface area contributed by atoms with Crippen LogP contribution in [0.25, 0.3) is 22.6 Å². The Morgan fingerprint density at radius 2 is 1.84 bits per heavy atom. The summed E-state index contributed by atoms with van der Waals surface area (Å²) in [6.45, 7) is 5.04. The van der Waals surface area contributed by atoms with E-state index in [-0.39, 0.29) is 18.3 Å². The molecule has 2 aromatic carbocycles. The number of carbonyl (C=O) groups excluding carboxylic acids is 1. The molecule has 0 spiro atoms. The second-order valence-corrected chi connectivity index (χ2v) is 7.58. The summed E-state index contributed by atoms with van der Waals surface area (Å²) >= 11 is 0. The third kappa shape index (κ3) is 4.80. The number of nitrogens with zero attached hydrogens (tertiary/aromatic N) is 3. The standard InChI is InChI=1S/C24H23N5O2.ClH/c30-23(18-7-9-25-10-8-18)27-20-4-2-1-3-19(20)24-28-21-6-5-17(15-22(21)31-24)16-29-13-11-26-12-14-29;/h1-10,15,26H,11-14,16H2,(H,27,30);1H. The monoisotopic (exact) mass is 449 g/mol. The topological polar surface area (TPSA) is 83.3 Å². The van der Waals surface area contributed by atoms with E-state index in [2.05, 4.69) is 37.6 Å². The van der Waals surface area contributed by atoms with Gasteiger partial charge in [-0.2, -0.15) is 0 Å². The second-order valence-electron chi connectivity index (χ2n) is 7.58. The number of amides is 1. The van der Waals surface area contributed by atoms with E-state index in [4.69, 9.17) is 4.42 Å². The first-order valence-corrected chi connectivity index (χ1v) is 10.4. The van der Waals surface area contributed by atoms with Crippen LogP contribution in [0.4, 0.5) is 5.69 Å². The van der Waals surface area contributed by atoms with Crippen molar-refractivity contribution in [1.82, 2.24) is 20.2 Å². The fourth-order valence-electron chi connectivity index (χ4n) is 3.79. The molecular formula is C24H24ClN5O2. The van der Waals surface area contributed by atoms with Crippen LogP contribution in [0.1, 0.15) is 15.9 Å². The van der Waals surface area contributed by atoms with E-state index in [1.165, 1.54) is 5.56 Å². The molecule has 1 saturated heterocycles. The molecule has 1 aliphatic rings. The number of oxazole rings is 1. The third-order valence-electron chi connectivity index (χ3n) is 5.42. The lowest BCUT2D eigenvalue weighted by molar-refractivity contribution is 0.102. The summed E-state index contributed by atoms with van der Waals surface area (Å²) in [4.78, 5) is 23.7. The second kappa shape index (κ2) is 9.91. The molecule has 0 bridgehead atoms. The van der Waals surface area contributed by atoms with Gasteiger partial charge in [-0.05, 0) is 42.0 Å². The largest absolute Gasteiger partial charge is 0.436 e. The fraction of sp³-hybridized carbons (Fsp3) is 0.208. The summed E-state index contributed by atoms with van der Waals surface area (Å²) in [5.74, 6) is 0.282. The lowest BCUT2D eigenvalue weighted by Gasteiger charge is -2.27. The van der Waals surface area contributed by atoms with E-state index in [1.54, 1.807) is 24.5 Å². The van der Waals surface area contributed by atoms with Crippen molar-refractivity contribution in [1.29, 1.82) is 0 Å². The minimum Gasteiger partial charge on any atom is -0.436 e. The number of halogens is 1. The lowest BCUT2D eigenvalue weighted by Crippen LogP contribution is -2.42. The molecule has 164 valence electrons. The van der Waals surface area contributed by atoms with Gasteiger partial charge in [-0.1, -0.05) is 18.2 Å². The first-order chi connectivity index (χ1) is 15.3. The van der Waals surface area contributed by atoms with Crippen molar-refractivity contribution in [2.75, 3.05) is 31.5 Å². The van der Waals surface area contributed by atoms with Crippen LogP contribution in [-0.4, -0.2) is 47.0 Å². The van der Waals surface area contributed by atoms with Crippen LogP contribution in [0, 0.1) is 0 Å². The lowest BCUT2D eigenvalue weighted by atomic mass is 10.1. The molecule has 0 aliphatic carbocycles. The molecule has 4 aromatic rings. The van der Waals surface area contributed by atoms with Crippen LogP contribution in [0.15, 0.2) is 71.4 Å². The van der Waals surface area contributed by atoms with Gasteiger partial charge in [0.05, 0.1) is 11.3 Å². The van der Waals surface area contributed by atoms with Gasteiger partial charge in [-0.15, -0.1) is 12.4 Å². The van der Waals surface area contributed by atoms with Gasteiger partial charge in [0.1, 0.15) is 5.52 Å². The number of carbonyl (C=O) groups is 1. The smallest absolute Gasteiger partial charge is 0.255 e. The molecule has 8 heteroatoms. The van der Waals surface area contributed by atoms with Crippen molar-refractivity contribution >= 4 is 35.1 Å². The number of rotatable bonds is 5. The number of fused-ring (bicyclic) bond motifs is 1. The molecule has 5 rings (SSSR count). The zero-order valence-electron chi connectivity index (χ0n) is 17.5. The summed E-state index contributed by atoms with van der Waals surface area (Å²) in [6, 6.07) is 17.0. The summed E-state index contributed by atoms with van der Waals surface area (Å²) < 4.78 is 6.11. The molecule has 0 saturated carbocycles. The van der Waals surface area contributed by atoms with Gasteiger partial charge >= 0.3 is 0 Å². The Labute approximate surface area is 192 Å². The molecule has 1 fully saturated rings. The minimum atomic E-state index is -0.204. The van der Waals surface area contributed by atoms with E-state index < -0.39 is 0 Å². The number of hydrogen-bond acceptors (Lipinski definition) is 6. The Morgan fingerprint density at radius 1 is 1.06 bits per heavy atom. The van der Waals surface area contributed by atoms with Crippen LogP contribution in [0.3, 0.4) is 0 Å². The number of hydrogen-bond donors (Lipinski definition) is 2. The van der Waals surface area contributed by atoms with E-state index in [9.17, 15) is 4.79 Å². The maximum Gasteiger partial charge on any atom is 0.255 e. The highest BCUT2D eigenvalue weighted by Crippen LogP contribution is 2.31. The predicted octanol–water partition coefficient (Wildman–Crippen LogP) is 3.97. The third-order valence-corrected chi connectivity index (χ3v) is 5.42. The van der Waals surface area contributed by atoms with Crippen LogP contribution >= 0.6 is 12.4 Å². The quantitative estimate of drug-likeness (QED) is 0.479. The van der Waals surface area contributed by atoms with Gasteiger partial charge in [0.25, 0.3) is 5.91 Å². The van der Waals surface area contributed by atoms with Gasteiger partial charge < -0.3 is 15.1 Å². The zero-order chi connectivity index (χ0) is 21.0. The maximum absolute atomic E-state index is 12.6. The summed E-state index contributed by atoms with van der Waals surface area (Å²) in [6.07, 6.45) is 3.19. The van der Waals surface area contributed by atoms with Gasteiger partial charge in [-0.25, -0.2) is 4.98 Å². The number of para-hydroxylation sites is 1. The van der Waals surface area contributed by atoms with Gasteiger partial charge in [0.15, 0.2) is 5.58 Å². The van der Waals surface area contributed by atoms with Crippen molar-refractivity contribution < 1.29 is 9.21 Å². The molecule has 7 nitrogen and oxygen atoms in total. The predicted molar refractivity (Wildman–Crippen MR) is 127 cm³/mol.